The van der Waals surface area contributed by atoms with Gasteiger partial charge in [0.1, 0.15) is 11.6 Å². The molecule has 9 heteroatoms. The first-order valence-electron chi connectivity index (χ1n) is 10.7. The lowest BCUT2D eigenvalue weighted by atomic mass is 9.96. The van der Waals surface area contributed by atoms with Crippen molar-refractivity contribution in [2.45, 2.75) is 31.2 Å². The summed E-state index contributed by atoms with van der Waals surface area (Å²) in [6.45, 7) is 5.70. The number of halogens is 2. The second-order valence-electron chi connectivity index (χ2n) is 8.33. The molecular weight excluding hydrogens is 436 g/mol. The van der Waals surface area contributed by atoms with Crippen LogP contribution in [0.15, 0.2) is 53.4 Å². The zero-order valence-corrected chi connectivity index (χ0v) is 19.1. The van der Waals surface area contributed by atoms with Gasteiger partial charge in [-0.05, 0) is 60.8 Å². The van der Waals surface area contributed by atoms with E-state index < -0.39 is 15.8 Å². The van der Waals surface area contributed by atoms with Crippen molar-refractivity contribution in [3.63, 3.8) is 0 Å². The summed E-state index contributed by atoms with van der Waals surface area (Å²) in [5, 5.41) is 3.02. The number of carbonyl (C=O) groups is 1. The van der Waals surface area contributed by atoms with Crippen LogP contribution in [0.3, 0.4) is 0 Å². The Labute approximate surface area is 188 Å². The normalized spacial score (nSPS) is 17.2. The smallest absolute Gasteiger partial charge is 0.243 e. The highest BCUT2D eigenvalue weighted by molar-refractivity contribution is 7.89. The number of amides is 1. The summed E-state index contributed by atoms with van der Waals surface area (Å²) in [6, 6.07) is 10.6. The van der Waals surface area contributed by atoms with Crippen LogP contribution in [0.25, 0.3) is 0 Å². The molecule has 1 amide bonds. The first kappa shape index (κ1) is 24.3. The van der Waals surface area contributed by atoms with Crippen LogP contribution in [0.4, 0.5) is 8.78 Å². The van der Waals surface area contributed by atoms with Crippen LogP contribution < -0.4 is 5.32 Å². The Bertz CT molecular complexity index is 1010. The van der Waals surface area contributed by atoms with Crippen molar-refractivity contribution in [3.05, 3.63) is 65.7 Å². The van der Waals surface area contributed by atoms with Gasteiger partial charge in [-0.2, -0.15) is 4.31 Å². The van der Waals surface area contributed by atoms with E-state index in [0.717, 1.165) is 17.7 Å². The van der Waals surface area contributed by atoms with Crippen molar-refractivity contribution >= 4 is 15.9 Å². The molecule has 1 saturated heterocycles. The molecule has 0 aliphatic carbocycles. The average molecular weight is 466 g/mol. The summed E-state index contributed by atoms with van der Waals surface area (Å²) in [6.07, 6.45) is 0.583. The first-order chi connectivity index (χ1) is 15.2. The molecule has 1 aliphatic heterocycles. The van der Waals surface area contributed by atoms with E-state index in [1.54, 1.807) is 12.1 Å². The van der Waals surface area contributed by atoms with Gasteiger partial charge in [0.25, 0.3) is 0 Å². The third-order valence-corrected chi connectivity index (χ3v) is 7.49. The first-order valence-corrected chi connectivity index (χ1v) is 12.1. The maximum atomic E-state index is 13.2. The molecule has 2 aromatic rings. The minimum Gasteiger partial charge on any atom is -0.348 e. The van der Waals surface area contributed by atoms with Crippen molar-refractivity contribution in [2.24, 2.45) is 5.92 Å². The predicted octanol–water partition coefficient (Wildman–Crippen LogP) is 3.17. The molecule has 6 nitrogen and oxygen atoms in total. The lowest BCUT2D eigenvalue weighted by Gasteiger charge is -2.26. The minimum atomic E-state index is -3.72. The van der Waals surface area contributed by atoms with Gasteiger partial charge in [-0.25, -0.2) is 17.2 Å². The fourth-order valence-electron chi connectivity index (χ4n) is 3.83. The summed E-state index contributed by atoms with van der Waals surface area (Å²) in [4.78, 5) is 14.7. The van der Waals surface area contributed by atoms with Gasteiger partial charge in [-0.1, -0.05) is 26.0 Å². The average Bonchev–Trinajstić information content (AvgIpc) is 2.99. The van der Waals surface area contributed by atoms with Crippen LogP contribution in [-0.4, -0.2) is 56.3 Å². The van der Waals surface area contributed by atoms with Crippen LogP contribution in [0.5, 0.6) is 0 Å². The number of nitrogens with one attached hydrogen (secondary N) is 1. The van der Waals surface area contributed by atoms with Crippen LogP contribution in [-0.2, 0) is 14.8 Å². The molecule has 1 atom stereocenters. The third-order valence-electron chi connectivity index (χ3n) is 5.58. The molecule has 0 bridgehead atoms. The summed E-state index contributed by atoms with van der Waals surface area (Å²) >= 11 is 0. The van der Waals surface area contributed by atoms with Crippen LogP contribution >= 0.6 is 0 Å². The molecule has 2 aromatic carbocycles. The molecule has 1 heterocycles. The molecule has 1 aliphatic rings. The second kappa shape index (κ2) is 10.5. The zero-order chi connectivity index (χ0) is 23.3. The van der Waals surface area contributed by atoms with E-state index in [9.17, 15) is 22.0 Å². The highest BCUT2D eigenvalue weighted by Gasteiger charge is 2.28. The van der Waals surface area contributed by atoms with E-state index in [2.05, 4.69) is 5.32 Å². The molecule has 1 N–H and O–H groups in total. The van der Waals surface area contributed by atoms with Crippen molar-refractivity contribution < 1.29 is 22.0 Å². The maximum absolute atomic E-state index is 13.2. The number of benzene rings is 2. The predicted molar refractivity (Wildman–Crippen MR) is 118 cm³/mol. The van der Waals surface area contributed by atoms with Crippen LogP contribution in [0.1, 0.15) is 31.9 Å². The Morgan fingerprint density at radius 3 is 2.12 bits per heavy atom. The van der Waals surface area contributed by atoms with E-state index in [0.29, 0.717) is 26.1 Å². The molecule has 174 valence electrons. The van der Waals surface area contributed by atoms with Gasteiger partial charge in [0.15, 0.2) is 0 Å². The monoisotopic (exact) mass is 465 g/mol. The molecular formula is C23H29F2N3O3S. The largest absolute Gasteiger partial charge is 0.348 e. The SMILES string of the molecule is CC(C)C(NC(=O)CN1CCCN(S(=O)(=O)c2ccc(F)cc2)CC1)c1ccc(F)cc1. The Kier molecular flexibility index (Phi) is 7.97. The van der Waals surface area contributed by atoms with Crippen molar-refractivity contribution in [1.82, 2.24) is 14.5 Å². The Balaban J connectivity index is 1.59. The van der Waals surface area contributed by atoms with Crippen molar-refractivity contribution in [1.29, 1.82) is 0 Å². The molecule has 32 heavy (non-hydrogen) atoms. The number of hydrogen-bond acceptors (Lipinski definition) is 4. The molecule has 1 unspecified atom stereocenters. The van der Waals surface area contributed by atoms with E-state index in [4.69, 9.17) is 0 Å². The summed E-state index contributed by atoms with van der Waals surface area (Å²) in [7, 11) is -3.72. The number of nitrogens with zero attached hydrogens (tertiary/aromatic N) is 2. The highest BCUT2D eigenvalue weighted by Crippen LogP contribution is 2.22. The van der Waals surface area contributed by atoms with Crippen molar-refractivity contribution in [2.75, 3.05) is 32.7 Å². The second-order valence-corrected chi connectivity index (χ2v) is 10.3. The Hall–Kier alpha value is -2.36. The molecule has 0 saturated carbocycles. The third kappa shape index (κ3) is 6.11. The lowest BCUT2D eigenvalue weighted by molar-refractivity contribution is -0.123. The summed E-state index contributed by atoms with van der Waals surface area (Å²) < 4.78 is 53.5. The summed E-state index contributed by atoms with van der Waals surface area (Å²) in [5.74, 6) is -0.864. The van der Waals surface area contributed by atoms with Gasteiger partial charge in [0.2, 0.25) is 15.9 Å². The fraction of sp³-hybridized carbons (Fsp3) is 0.435. The van der Waals surface area contributed by atoms with Gasteiger partial charge in [0.05, 0.1) is 17.5 Å². The van der Waals surface area contributed by atoms with E-state index >= 15 is 0 Å². The van der Waals surface area contributed by atoms with E-state index in [1.165, 1.54) is 28.6 Å². The van der Waals surface area contributed by atoms with Crippen LogP contribution in [0.2, 0.25) is 0 Å². The van der Waals surface area contributed by atoms with Gasteiger partial charge in [-0.3, -0.25) is 9.69 Å². The Morgan fingerprint density at radius 2 is 1.53 bits per heavy atom. The molecule has 0 aromatic heterocycles. The van der Waals surface area contributed by atoms with E-state index in [1.807, 2.05) is 18.7 Å². The molecule has 1 fully saturated rings. The number of hydrogen-bond donors (Lipinski definition) is 1. The maximum Gasteiger partial charge on any atom is 0.243 e. The number of carbonyl (C=O) groups excluding carboxylic acids is 1. The molecule has 3 rings (SSSR count). The van der Waals surface area contributed by atoms with Gasteiger partial charge < -0.3 is 5.32 Å². The summed E-state index contributed by atoms with van der Waals surface area (Å²) in [5.41, 5.74) is 0.835. The molecule has 0 spiro atoms. The highest BCUT2D eigenvalue weighted by atomic mass is 32.2. The number of sulfonamides is 1. The van der Waals surface area contributed by atoms with E-state index in [-0.39, 0.29) is 41.7 Å². The topological polar surface area (TPSA) is 69.7 Å². The fourth-order valence-corrected chi connectivity index (χ4v) is 5.30. The number of rotatable bonds is 7. The molecule has 0 radical (unpaired) electrons. The van der Waals surface area contributed by atoms with Crippen LogP contribution in [0, 0.1) is 17.6 Å². The van der Waals surface area contributed by atoms with Gasteiger partial charge in [0, 0.05) is 19.6 Å². The van der Waals surface area contributed by atoms with Crippen molar-refractivity contribution in [3.8, 4) is 0 Å². The van der Waals surface area contributed by atoms with Gasteiger partial charge >= 0.3 is 0 Å². The van der Waals surface area contributed by atoms with Gasteiger partial charge in [-0.15, -0.1) is 0 Å². The minimum absolute atomic E-state index is 0.0594. The standard InChI is InChI=1S/C23H29F2N3O3S/c1-17(2)23(18-4-6-19(24)7-5-18)26-22(29)16-27-12-3-13-28(15-14-27)32(30,31)21-10-8-20(25)9-11-21/h4-11,17,23H,3,12-16H2,1-2H3,(H,26,29). The lowest BCUT2D eigenvalue weighted by Crippen LogP contribution is -2.42. The Morgan fingerprint density at radius 1 is 0.938 bits per heavy atom. The zero-order valence-electron chi connectivity index (χ0n) is 18.3. The quantitative estimate of drug-likeness (QED) is 0.682.